The van der Waals surface area contributed by atoms with E-state index < -0.39 is 0 Å². The highest BCUT2D eigenvalue weighted by molar-refractivity contribution is 6.53. The van der Waals surface area contributed by atoms with Crippen LogP contribution in [0.15, 0.2) is 24.2 Å². The third kappa shape index (κ3) is 4.67. The highest BCUT2D eigenvalue weighted by Gasteiger charge is 2.25. The molecule has 2 nitrogen and oxygen atoms in total. The molecule has 0 N–H and O–H groups in total. The fourth-order valence-electron chi connectivity index (χ4n) is 1.64. The van der Waals surface area contributed by atoms with Crippen LogP contribution in [-0.2, 0) is 9.31 Å². The fourth-order valence-corrected chi connectivity index (χ4v) is 1.64. The lowest BCUT2D eigenvalue weighted by Crippen LogP contribution is -2.31. The summed E-state index contributed by atoms with van der Waals surface area (Å²) in [4.78, 5) is 0. The standard InChI is InChI=1S/C12H21BO2/c1-3-5-6-9-12(8-4-2)13-14-10-7-11-15-13/h4,9H,2-3,5-8,10-11H2,1H3/b12-9-. The van der Waals surface area contributed by atoms with Gasteiger partial charge in [0.2, 0.25) is 0 Å². The molecule has 0 unspecified atom stereocenters. The van der Waals surface area contributed by atoms with Crippen molar-refractivity contribution in [2.24, 2.45) is 0 Å². The van der Waals surface area contributed by atoms with Crippen molar-refractivity contribution in [2.75, 3.05) is 13.2 Å². The van der Waals surface area contributed by atoms with E-state index in [4.69, 9.17) is 9.31 Å². The summed E-state index contributed by atoms with van der Waals surface area (Å²) in [6, 6.07) is 0. The Labute approximate surface area is 93.5 Å². The summed E-state index contributed by atoms with van der Waals surface area (Å²) in [5.74, 6) is 0. The summed E-state index contributed by atoms with van der Waals surface area (Å²) in [5.41, 5.74) is 1.23. The molecule has 0 amide bonds. The van der Waals surface area contributed by atoms with Gasteiger partial charge in [-0.1, -0.05) is 31.9 Å². The van der Waals surface area contributed by atoms with Crippen LogP contribution in [0.25, 0.3) is 0 Å². The first-order valence-corrected chi connectivity index (χ1v) is 5.91. The molecule has 3 heteroatoms. The van der Waals surface area contributed by atoms with Gasteiger partial charge in [-0.05, 0) is 24.7 Å². The van der Waals surface area contributed by atoms with E-state index in [0.717, 1.165) is 32.5 Å². The number of hydrogen-bond acceptors (Lipinski definition) is 2. The predicted molar refractivity (Wildman–Crippen MR) is 64.7 cm³/mol. The summed E-state index contributed by atoms with van der Waals surface area (Å²) in [7, 11) is -0.117. The first-order chi connectivity index (χ1) is 7.38. The second-order valence-corrected chi connectivity index (χ2v) is 3.84. The van der Waals surface area contributed by atoms with E-state index >= 15 is 0 Å². The molecule has 1 aliphatic heterocycles. The number of unbranched alkanes of at least 4 members (excludes halogenated alkanes) is 2. The van der Waals surface area contributed by atoms with Crippen molar-refractivity contribution in [1.29, 1.82) is 0 Å². The van der Waals surface area contributed by atoms with Crippen LogP contribution in [0.5, 0.6) is 0 Å². The third-order valence-corrected chi connectivity index (χ3v) is 2.47. The highest BCUT2D eigenvalue weighted by atomic mass is 16.6. The van der Waals surface area contributed by atoms with E-state index in [1.54, 1.807) is 0 Å². The van der Waals surface area contributed by atoms with Gasteiger partial charge in [-0.15, -0.1) is 6.58 Å². The van der Waals surface area contributed by atoms with Gasteiger partial charge in [0.05, 0.1) is 0 Å². The highest BCUT2D eigenvalue weighted by Crippen LogP contribution is 2.15. The molecule has 0 aromatic heterocycles. The van der Waals surface area contributed by atoms with Crippen molar-refractivity contribution < 1.29 is 9.31 Å². The molecule has 15 heavy (non-hydrogen) atoms. The Hall–Kier alpha value is -0.535. The van der Waals surface area contributed by atoms with Gasteiger partial charge in [0.25, 0.3) is 0 Å². The molecule has 84 valence electrons. The lowest BCUT2D eigenvalue weighted by molar-refractivity contribution is 0.139. The average molecular weight is 208 g/mol. The predicted octanol–water partition coefficient (Wildman–Crippen LogP) is 3.14. The number of hydrogen-bond donors (Lipinski definition) is 0. The Morgan fingerprint density at radius 1 is 1.40 bits per heavy atom. The molecule has 0 aliphatic carbocycles. The Bertz CT molecular complexity index is 208. The molecule has 0 aromatic carbocycles. The molecular formula is C12H21BO2. The normalized spacial score (nSPS) is 17.9. The van der Waals surface area contributed by atoms with Crippen LogP contribution in [0, 0.1) is 0 Å². The molecule has 0 aromatic rings. The lowest BCUT2D eigenvalue weighted by Gasteiger charge is -2.21. The minimum atomic E-state index is -0.117. The zero-order valence-corrected chi connectivity index (χ0v) is 9.71. The molecule has 1 heterocycles. The Kier molecular flexibility index (Phi) is 6.45. The van der Waals surface area contributed by atoms with Crippen LogP contribution in [-0.4, -0.2) is 20.3 Å². The Morgan fingerprint density at radius 2 is 2.13 bits per heavy atom. The van der Waals surface area contributed by atoms with E-state index in [1.807, 2.05) is 6.08 Å². The molecule has 0 saturated carbocycles. The maximum Gasteiger partial charge on any atom is 0.489 e. The van der Waals surface area contributed by atoms with Crippen LogP contribution in [0.3, 0.4) is 0 Å². The maximum atomic E-state index is 5.59. The second-order valence-electron chi connectivity index (χ2n) is 3.84. The van der Waals surface area contributed by atoms with Gasteiger partial charge in [0, 0.05) is 13.2 Å². The topological polar surface area (TPSA) is 18.5 Å². The zero-order valence-electron chi connectivity index (χ0n) is 9.71. The van der Waals surface area contributed by atoms with Crippen molar-refractivity contribution in [3.8, 4) is 0 Å². The largest absolute Gasteiger partial charge is 0.489 e. The second kappa shape index (κ2) is 7.72. The van der Waals surface area contributed by atoms with E-state index in [2.05, 4.69) is 19.6 Å². The molecule has 0 bridgehead atoms. The van der Waals surface area contributed by atoms with Crippen molar-refractivity contribution in [3.63, 3.8) is 0 Å². The third-order valence-electron chi connectivity index (χ3n) is 2.47. The van der Waals surface area contributed by atoms with E-state index in [9.17, 15) is 0 Å². The van der Waals surface area contributed by atoms with Crippen molar-refractivity contribution in [2.45, 2.75) is 39.0 Å². The van der Waals surface area contributed by atoms with Gasteiger partial charge >= 0.3 is 7.12 Å². The minimum absolute atomic E-state index is 0.117. The zero-order chi connectivity index (χ0) is 10.9. The van der Waals surface area contributed by atoms with Gasteiger partial charge in [-0.25, -0.2) is 0 Å². The number of rotatable bonds is 6. The van der Waals surface area contributed by atoms with Gasteiger partial charge in [0.15, 0.2) is 0 Å². The number of allylic oxidation sites excluding steroid dienone is 3. The van der Waals surface area contributed by atoms with Crippen LogP contribution in [0.2, 0.25) is 0 Å². The Balaban J connectivity index is 2.46. The van der Waals surface area contributed by atoms with Crippen LogP contribution in [0.1, 0.15) is 39.0 Å². The van der Waals surface area contributed by atoms with Crippen molar-refractivity contribution in [1.82, 2.24) is 0 Å². The van der Waals surface area contributed by atoms with E-state index in [1.165, 1.54) is 18.3 Å². The summed E-state index contributed by atoms with van der Waals surface area (Å²) >= 11 is 0. The summed E-state index contributed by atoms with van der Waals surface area (Å²) in [6.07, 6.45) is 9.61. The molecule has 0 atom stereocenters. The molecule has 1 fully saturated rings. The summed E-state index contributed by atoms with van der Waals surface area (Å²) < 4.78 is 11.2. The van der Waals surface area contributed by atoms with Gasteiger partial charge in [0.1, 0.15) is 0 Å². The first kappa shape index (κ1) is 12.5. The lowest BCUT2D eigenvalue weighted by atomic mass is 9.74. The van der Waals surface area contributed by atoms with Crippen molar-refractivity contribution >= 4 is 7.12 Å². The fraction of sp³-hybridized carbons (Fsp3) is 0.667. The maximum absolute atomic E-state index is 5.59. The molecule has 1 saturated heterocycles. The summed E-state index contributed by atoms with van der Waals surface area (Å²) in [5, 5.41) is 0. The first-order valence-electron chi connectivity index (χ1n) is 5.91. The van der Waals surface area contributed by atoms with Crippen LogP contribution >= 0.6 is 0 Å². The van der Waals surface area contributed by atoms with Crippen LogP contribution in [0.4, 0.5) is 0 Å². The van der Waals surface area contributed by atoms with Crippen molar-refractivity contribution in [3.05, 3.63) is 24.2 Å². The SMILES string of the molecule is C=CC/C(=C/CCCC)B1OCCCO1. The van der Waals surface area contributed by atoms with Gasteiger partial charge < -0.3 is 9.31 Å². The molecular weight excluding hydrogens is 187 g/mol. The summed E-state index contributed by atoms with van der Waals surface area (Å²) in [6.45, 7) is 7.60. The Morgan fingerprint density at radius 3 is 2.73 bits per heavy atom. The smallest absolute Gasteiger partial charge is 0.407 e. The molecule has 1 rings (SSSR count). The van der Waals surface area contributed by atoms with E-state index in [-0.39, 0.29) is 7.12 Å². The molecule has 0 radical (unpaired) electrons. The van der Waals surface area contributed by atoms with Gasteiger partial charge in [-0.3, -0.25) is 0 Å². The molecule has 0 spiro atoms. The molecule has 1 aliphatic rings. The van der Waals surface area contributed by atoms with Crippen LogP contribution < -0.4 is 0 Å². The quantitative estimate of drug-likeness (QED) is 0.379. The minimum Gasteiger partial charge on any atom is -0.407 e. The average Bonchev–Trinajstić information content (AvgIpc) is 2.29. The monoisotopic (exact) mass is 208 g/mol. The van der Waals surface area contributed by atoms with E-state index in [0.29, 0.717) is 0 Å². The van der Waals surface area contributed by atoms with Gasteiger partial charge in [-0.2, -0.15) is 0 Å².